The van der Waals surface area contributed by atoms with E-state index < -0.39 is 5.97 Å². The van der Waals surface area contributed by atoms with E-state index in [-0.39, 0.29) is 31.1 Å². The molecule has 0 spiro atoms. The molecule has 0 unspecified atom stereocenters. The van der Waals surface area contributed by atoms with Gasteiger partial charge in [0, 0.05) is 12.0 Å². The molecule has 0 aliphatic heterocycles. The van der Waals surface area contributed by atoms with E-state index in [1.807, 2.05) is 29.6 Å². The Morgan fingerprint density at radius 3 is 2.59 bits per heavy atom. The van der Waals surface area contributed by atoms with E-state index in [1.165, 1.54) is 16.9 Å². The molecule has 3 rings (SSSR count). The molecule has 0 fully saturated rings. The minimum atomic E-state index is -0.471. The van der Waals surface area contributed by atoms with E-state index in [0.717, 1.165) is 5.56 Å². The van der Waals surface area contributed by atoms with Gasteiger partial charge >= 0.3 is 5.97 Å². The number of esters is 1. The first-order chi connectivity index (χ1) is 13.0. The van der Waals surface area contributed by atoms with Crippen molar-refractivity contribution in [2.45, 2.75) is 39.2 Å². The number of rotatable bonds is 8. The Morgan fingerprint density at radius 1 is 1.15 bits per heavy atom. The minimum Gasteiger partial charge on any atom is -0.456 e. The lowest BCUT2D eigenvalue weighted by Crippen LogP contribution is -2.07. The molecule has 2 aromatic heterocycles. The van der Waals surface area contributed by atoms with Crippen LogP contribution in [0.5, 0.6) is 0 Å². The van der Waals surface area contributed by atoms with E-state index in [9.17, 15) is 9.59 Å². The van der Waals surface area contributed by atoms with Gasteiger partial charge in [-0.2, -0.15) is 4.98 Å². The number of Topliss-reactive ketones (excluding diaryl/α,β-unsaturated/α-hetero) is 1. The molecule has 0 bridgehead atoms. The van der Waals surface area contributed by atoms with Gasteiger partial charge in [0.2, 0.25) is 5.82 Å². The molecule has 0 aliphatic carbocycles. The van der Waals surface area contributed by atoms with Gasteiger partial charge in [-0.15, -0.1) is 11.3 Å². The quantitative estimate of drug-likeness (QED) is 0.416. The third kappa shape index (κ3) is 5.10. The fourth-order valence-electron chi connectivity index (χ4n) is 2.44. The summed E-state index contributed by atoms with van der Waals surface area (Å²) in [7, 11) is 0. The number of benzene rings is 1. The predicted octanol–water partition coefficient (Wildman–Crippen LogP) is 4.63. The highest BCUT2D eigenvalue weighted by Gasteiger charge is 2.14. The number of hydrogen-bond acceptors (Lipinski definition) is 7. The standard InChI is InChI=1S/C20H20N2O4S/c1-13(2)14-5-7-15(8-6-14)20-21-18(26-22-20)12-25-19(24)10-9-16(23)17-4-3-11-27-17/h3-8,11,13H,9-10,12H2,1-2H3. The maximum atomic E-state index is 11.9. The third-order valence-electron chi connectivity index (χ3n) is 4.01. The van der Waals surface area contributed by atoms with Crippen LogP contribution < -0.4 is 0 Å². The second-order valence-corrected chi connectivity index (χ2v) is 7.30. The molecular weight excluding hydrogens is 364 g/mol. The van der Waals surface area contributed by atoms with Crippen molar-refractivity contribution < 1.29 is 18.8 Å². The van der Waals surface area contributed by atoms with Gasteiger partial charge in [-0.05, 0) is 22.9 Å². The summed E-state index contributed by atoms with van der Waals surface area (Å²) in [4.78, 5) is 28.6. The van der Waals surface area contributed by atoms with Crippen molar-refractivity contribution in [2.24, 2.45) is 0 Å². The van der Waals surface area contributed by atoms with E-state index in [1.54, 1.807) is 12.1 Å². The van der Waals surface area contributed by atoms with Gasteiger partial charge in [-0.25, -0.2) is 0 Å². The van der Waals surface area contributed by atoms with Crippen LogP contribution in [0.3, 0.4) is 0 Å². The summed E-state index contributed by atoms with van der Waals surface area (Å²) in [6.07, 6.45) is 0.144. The lowest BCUT2D eigenvalue weighted by Gasteiger charge is -2.04. The summed E-state index contributed by atoms with van der Waals surface area (Å²) in [6.45, 7) is 4.15. The number of ketones is 1. The minimum absolute atomic E-state index is 0.0222. The number of ether oxygens (including phenoxy) is 1. The van der Waals surface area contributed by atoms with Crippen molar-refractivity contribution in [1.29, 1.82) is 0 Å². The molecule has 0 saturated carbocycles. The summed E-state index contributed by atoms with van der Waals surface area (Å²) in [6, 6.07) is 11.5. The molecule has 6 nitrogen and oxygen atoms in total. The monoisotopic (exact) mass is 384 g/mol. The lowest BCUT2D eigenvalue weighted by atomic mass is 10.0. The summed E-state index contributed by atoms with van der Waals surface area (Å²) in [5, 5.41) is 5.75. The molecular formula is C20H20N2O4S. The topological polar surface area (TPSA) is 82.3 Å². The first-order valence-corrected chi connectivity index (χ1v) is 9.56. The number of aromatic nitrogens is 2. The Kier molecular flexibility index (Phi) is 6.13. The average Bonchev–Trinajstić information content (AvgIpc) is 3.36. The number of carbonyl (C=O) groups is 2. The van der Waals surface area contributed by atoms with Crippen LogP contribution in [0.15, 0.2) is 46.3 Å². The van der Waals surface area contributed by atoms with Gasteiger partial charge in [-0.3, -0.25) is 9.59 Å². The second kappa shape index (κ2) is 8.73. The first-order valence-electron chi connectivity index (χ1n) is 8.68. The summed E-state index contributed by atoms with van der Waals surface area (Å²) in [5.74, 6) is 0.582. The van der Waals surface area contributed by atoms with Crippen LogP contribution in [0.1, 0.15) is 53.7 Å². The van der Waals surface area contributed by atoms with Crippen LogP contribution in [0.4, 0.5) is 0 Å². The zero-order valence-corrected chi connectivity index (χ0v) is 16.0. The Labute approximate surface area is 161 Å². The normalized spacial score (nSPS) is 10.9. The largest absolute Gasteiger partial charge is 0.456 e. The van der Waals surface area contributed by atoms with Crippen molar-refractivity contribution in [1.82, 2.24) is 10.1 Å². The van der Waals surface area contributed by atoms with Crippen molar-refractivity contribution in [3.05, 3.63) is 58.1 Å². The highest BCUT2D eigenvalue weighted by atomic mass is 32.1. The summed E-state index contributed by atoms with van der Waals surface area (Å²) < 4.78 is 10.2. The van der Waals surface area contributed by atoms with Crippen molar-refractivity contribution >= 4 is 23.1 Å². The maximum absolute atomic E-state index is 11.9. The number of thiophene rings is 1. The Balaban J connectivity index is 1.49. The molecule has 0 saturated heterocycles. The average molecular weight is 384 g/mol. The number of carbonyl (C=O) groups excluding carboxylic acids is 2. The Morgan fingerprint density at radius 2 is 1.93 bits per heavy atom. The molecule has 27 heavy (non-hydrogen) atoms. The molecule has 1 aromatic carbocycles. The highest BCUT2D eigenvalue weighted by Crippen LogP contribution is 2.20. The van der Waals surface area contributed by atoms with Gasteiger partial charge in [0.25, 0.3) is 5.89 Å². The zero-order chi connectivity index (χ0) is 19.2. The lowest BCUT2D eigenvalue weighted by molar-refractivity contribution is -0.145. The smallest absolute Gasteiger partial charge is 0.306 e. The van der Waals surface area contributed by atoms with Crippen LogP contribution in [0.2, 0.25) is 0 Å². The fourth-order valence-corrected chi connectivity index (χ4v) is 3.13. The molecule has 7 heteroatoms. The van der Waals surface area contributed by atoms with Gasteiger partial charge in [0.15, 0.2) is 12.4 Å². The molecule has 0 radical (unpaired) electrons. The van der Waals surface area contributed by atoms with Gasteiger partial charge in [0.1, 0.15) is 0 Å². The van der Waals surface area contributed by atoms with Crippen LogP contribution in [0, 0.1) is 0 Å². The Bertz CT molecular complexity index is 898. The fraction of sp³-hybridized carbons (Fsp3) is 0.300. The molecule has 0 amide bonds. The van der Waals surface area contributed by atoms with Crippen LogP contribution in [0.25, 0.3) is 11.4 Å². The maximum Gasteiger partial charge on any atom is 0.306 e. The van der Waals surface area contributed by atoms with Crippen molar-refractivity contribution in [3.63, 3.8) is 0 Å². The van der Waals surface area contributed by atoms with E-state index in [4.69, 9.17) is 9.26 Å². The molecule has 2 heterocycles. The van der Waals surface area contributed by atoms with Gasteiger partial charge < -0.3 is 9.26 Å². The number of nitrogens with zero attached hydrogens (tertiary/aromatic N) is 2. The highest BCUT2D eigenvalue weighted by molar-refractivity contribution is 7.12. The molecule has 0 aliphatic rings. The van der Waals surface area contributed by atoms with Gasteiger partial charge in [-0.1, -0.05) is 49.3 Å². The Hall–Kier alpha value is -2.80. The van der Waals surface area contributed by atoms with Crippen molar-refractivity contribution in [2.75, 3.05) is 0 Å². The molecule has 3 aromatic rings. The summed E-state index contributed by atoms with van der Waals surface area (Å²) in [5.41, 5.74) is 2.07. The molecule has 0 N–H and O–H groups in total. The second-order valence-electron chi connectivity index (χ2n) is 6.35. The molecule has 140 valence electrons. The summed E-state index contributed by atoms with van der Waals surface area (Å²) >= 11 is 1.36. The van der Waals surface area contributed by atoms with Crippen LogP contribution in [-0.2, 0) is 16.1 Å². The first kappa shape index (κ1) is 19.0. The van der Waals surface area contributed by atoms with Crippen LogP contribution >= 0.6 is 11.3 Å². The van der Waals surface area contributed by atoms with Gasteiger partial charge in [0.05, 0.1) is 11.3 Å². The van der Waals surface area contributed by atoms with E-state index >= 15 is 0 Å². The van der Waals surface area contributed by atoms with Crippen LogP contribution in [-0.4, -0.2) is 21.9 Å². The predicted molar refractivity (Wildman–Crippen MR) is 102 cm³/mol. The zero-order valence-electron chi connectivity index (χ0n) is 15.2. The van der Waals surface area contributed by atoms with E-state index in [2.05, 4.69) is 24.0 Å². The molecule has 0 atom stereocenters. The number of hydrogen-bond donors (Lipinski definition) is 0. The SMILES string of the molecule is CC(C)c1ccc(-c2noc(COC(=O)CCC(=O)c3cccs3)n2)cc1. The third-order valence-corrected chi connectivity index (χ3v) is 4.92. The van der Waals surface area contributed by atoms with E-state index in [0.29, 0.717) is 16.6 Å². The van der Waals surface area contributed by atoms with Crippen molar-refractivity contribution in [3.8, 4) is 11.4 Å².